The number of nitrogens with zero attached hydrogens (tertiary/aromatic N) is 1. The molecular formula is C7H7ClN2O2. The van der Waals surface area contributed by atoms with E-state index >= 15 is 0 Å². The molecule has 0 fully saturated rings. The van der Waals surface area contributed by atoms with Crippen LogP contribution in [0.1, 0.15) is 16.1 Å². The van der Waals surface area contributed by atoms with Gasteiger partial charge in [-0.1, -0.05) is 6.07 Å². The highest BCUT2D eigenvalue weighted by molar-refractivity contribution is 6.23. The molecule has 0 aliphatic heterocycles. The van der Waals surface area contributed by atoms with E-state index < -0.39 is 5.97 Å². The van der Waals surface area contributed by atoms with Crippen LogP contribution in [0.5, 0.6) is 0 Å². The van der Waals surface area contributed by atoms with Gasteiger partial charge in [0.15, 0.2) is 5.69 Å². The van der Waals surface area contributed by atoms with Crippen molar-refractivity contribution < 1.29 is 9.90 Å². The molecule has 0 spiro atoms. The van der Waals surface area contributed by atoms with Gasteiger partial charge in [0.05, 0.1) is 0 Å². The summed E-state index contributed by atoms with van der Waals surface area (Å²) in [6, 6.07) is 3.07. The molecule has 1 heterocycles. The summed E-state index contributed by atoms with van der Waals surface area (Å²) >= 11 is 5.30. The normalized spacial score (nSPS) is 9.50. The number of pyridine rings is 1. The number of carboxylic acid groups (broad SMARTS) is 1. The van der Waals surface area contributed by atoms with Crippen LogP contribution in [0.25, 0.3) is 0 Å². The van der Waals surface area contributed by atoms with E-state index in [-0.39, 0.29) is 5.69 Å². The Morgan fingerprint density at radius 2 is 2.33 bits per heavy atom. The molecule has 64 valence electrons. The van der Waals surface area contributed by atoms with Crippen molar-refractivity contribution in [3.05, 3.63) is 23.4 Å². The topological polar surface area (TPSA) is 62.2 Å². The first-order chi connectivity index (χ1) is 5.65. The average Bonchev–Trinajstić information content (AvgIpc) is 2.05. The lowest BCUT2D eigenvalue weighted by Crippen LogP contribution is -2.02. The van der Waals surface area contributed by atoms with Crippen molar-refractivity contribution >= 4 is 23.6 Å². The molecule has 1 aromatic heterocycles. The van der Waals surface area contributed by atoms with Gasteiger partial charge in [-0.15, -0.1) is 0 Å². The molecule has 1 rings (SSSR count). The van der Waals surface area contributed by atoms with Gasteiger partial charge in [-0.3, -0.25) is 4.84 Å². The number of nitrogens with one attached hydrogen (secondary N) is 1. The number of aryl methyl sites for hydroxylation is 1. The maximum atomic E-state index is 10.4. The van der Waals surface area contributed by atoms with Gasteiger partial charge in [0.1, 0.15) is 5.82 Å². The Morgan fingerprint density at radius 1 is 1.67 bits per heavy atom. The summed E-state index contributed by atoms with van der Waals surface area (Å²) in [5, 5.41) is 8.56. The van der Waals surface area contributed by atoms with Crippen molar-refractivity contribution in [3.63, 3.8) is 0 Å². The zero-order chi connectivity index (χ0) is 9.14. The molecule has 0 atom stereocenters. The fourth-order valence-corrected chi connectivity index (χ4v) is 0.935. The Hall–Kier alpha value is -1.29. The van der Waals surface area contributed by atoms with E-state index in [9.17, 15) is 4.79 Å². The highest BCUT2D eigenvalue weighted by Crippen LogP contribution is 2.12. The van der Waals surface area contributed by atoms with Crippen molar-refractivity contribution in [1.29, 1.82) is 0 Å². The molecule has 4 nitrogen and oxygen atoms in total. The molecule has 0 amide bonds. The van der Waals surface area contributed by atoms with Crippen LogP contribution >= 0.6 is 11.8 Å². The summed E-state index contributed by atoms with van der Waals surface area (Å²) in [4.78, 5) is 16.5. The Bertz CT molecular complexity index is 314. The van der Waals surface area contributed by atoms with E-state index in [2.05, 4.69) is 9.82 Å². The number of anilines is 1. The van der Waals surface area contributed by atoms with Crippen LogP contribution in [0.3, 0.4) is 0 Å². The van der Waals surface area contributed by atoms with Gasteiger partial charge in [0, 0.05) is 11.8 Å². The van der Waals surface area contributed by atoms with Gasteiger partial charge in [-0.2, -0.15) is 0 Å². The third-order valence-corrected chi connectivity index (χ3v) is 1.58. The fraction of sp³-hybridized carbons (Fsp3) is 0.143. The molecule has 12 heavy (non-hydrogen) atoms. The second-order valence-electron chi connectivity index (χ2n) is 2.26. The lowest BCUT2D eigenvalue weighted by molar-refractivity contribution is 0.0690. The molecular weight excluding hydrogens is 180 g/mol. The van der Waals surface area contributed by atoms with Crippen LogP contribution in [0, 0.1) is 6.92 Å². The predicted octanol–water partition coefficient (Wildman–Crippen LogP) is 1.65. The Balaban J connectivity index is 3.13. The minimum atomic E-state index is -1.07. The highest BCUT2D eigenvalue weighted by atomic mass is 35.5. The number of aromatic carboxylic acids is 1. The molecule has 2 N–H and O–H groups in total. The maximum Gasteiger partial charge on any atom is 0.354 e. The summed E-state index contributed by atoms with van der Waals surface area (Å²) in [7, 11) is 0. The van der Waals surface area contributed by atoms with Crippen LogP contribution in [-0.2, 0) is 0 Å². The van der Waals surface area contributed by atoms with E-state index in [1.54, 1.807) is 13.0 Å². The largest absolute Gasteiger partial charge is 0.477 e. The fourth-order valence-electron chi connectivity index (χ4n) is 0.744. The smallest absolute Gasteiger partial charge is 0.354 e. The predicted molar refractivity (Wildman–Crippen MR) is 45.4 cm³/mol. The summed E-state index contributed by atoms with van der Waals surface area (Å²) in [5.41, 5.74) is 0.777. The Kier molecular flexibility index (Phi) is 2.50. The van der Waals surface area contributed by atoms with E-state index in [4.69, 9.17) is 16.9 Å². The molecule has 0 bridgehead atoms. The van der Waals surface area contributed by atoms with Crippen molar-refractivity contribution in [1.82, 2.24) is 4.98 Å². The van der Waals surface area contributed by atoms with Crippen LogP contribution in [0.2, 0.25) is 0 Å². The maximum absolute atomic E-state index is 10.4. The van der Waals surface area contributed by atoms with E-state index in [0.29, 0.717) is 5.82 Å². The summed E-state index contributed by atoms with van der Waals surface area (Å²) < 4.78 is 0. The first-order valence-electron chi connectivity index (χ1n) is 3.22. The SMILES string of the molecule is Cc1ccc(C(=O)O)nc1NCl. The molecule has 0 saturated heterocycles. The van der Waals surface area contributed by atoms with Gasteiger partial charge in [-0.25, -0.2) is 9.78 Å². The van der Waals surface area contributed by atoms with Gasteiger partial charge in [0.2, 0.25) is 0 Å². The number of aromatic nitrogens is 1. The minimum absolute atomic E-state index is 0.0243. The standard InChI is InChI=1S/C7H7ClN2O2/c1-4-2-3-5(7(11)12)9-6(4)10-8/h2-3H,1H3,(H,9,10)(H,11,12). The third-order valence-electron chi connectivity index (χ3n) is 1.41. The first-order valence-corrected chi connectivity index (χ1v) is 3.60. The van der Waals surface area contributed by atoms with Crippen molar-refractivity contribution in [2.45, 2.75) is 6.92 Å². The molecule has 1 aromatic rings. The van der Waals surface area contributed by atoms with Crippen molar-refractivity contribution in [2.24, 2.45) is 0 Å². The Labute approximate surface area is 74.3 Å². The van der Waals surface area contributed by atoms with Crippen molar-refractivity contribution in [2.75, 3.05) is 4.84 Å². The average molecular weight is 187 g/mol. The van der Waals surface area contributed by atoms with Gasteiger partial charge >= 0.3 is 5.97 Å². The van der Waals surface area contributed by atoms with Crippen LogP contribution in [0.4, 0.5) is 5.82 Å². The molecule has 0 aromatic carbocycles. The van der Waals surface area contributed by atoms with Crippen LogP contribution in [-0.4, -0.2) is 16.1 Å². The minimum Gasteiger partial charge on any atom is -0.477 e. The summed E-state index contributed by atoms with van der Waals surface area (Å²) in [6.45, 7) is 1.78. The monoisotopic (exact) mass is 186 g/mol. The van der Waals surface area contributed by atoms with E-state index in [1.165, 1.54) is 6.07 Å². The molecule has 0 saturated carbocycles. The van der Waals surface area contributed by atoms with Crippen molar-refractivity contribution in [3.8, 4) is 0 Å². The Morgan fingerprint density at radius 3 is 2.83 bits per heavy atom. The zero-order valence-electron chi connectivity index (χ0n) is 6.34. The van der Waals surface area contributed by atoms with Gasteiger partial charge in [0.25, 0.3) is 0 Å². The van der Waals surface area contributed by atoms with Gasteiger partial charge < -0.3 is 5.11 Å². The number of rotatable bonds is 2. The lowest BCUT2D eigenvalue weighted by atomic mass is 10.2. The number of hydrogen-bond donors (Lipinski definition) is 2. The highest BCUT2D eigenvalue weighted by Gasteiger charge is 2.06. The van der Waals surface area contributed by atoms with Crippen LogP contribution < -0.4 is 4.84 Å². The van der Waals surface area contributed by atoms with E-state index in [0.717, 1.165) is 5.56 Å². The molecule has 5 heteroatoms. The number of halogens is 1. The third kappa shape index (κ3) is 1.65. The molecule has 0 radical (unpaired) electrons. The summed E-state index contributed by atoms with van der Waals surface area (Å²) in [6.07, 6.45) is 0. The summed E-state index contributed by atoms with van der Waals surface area (Å²) in [5.74, 6) is -0.695. The van der Waals surface area contributed by atoms with E-state index in [1.807, 2.05) is 0 Å². The second kappa shape index (κ2) is 3.40. The molecule has 0 aliphatic rings. The lowest BCUT2D eigenvalue weighted by Gasteiger charge is -2.01. The zero-order valence-corrected chi connectivity index (χ0v) is 7.09. The molecule has 0 unspecified atom stereocenters. The first kappa shape index (κ1) is 8.80. The number of carbonyl (C=O) groups is 1. The number of carboxylic acids is 1. The quantitative estimate of drug-likeness (QED) is 0.690. The van der Waals surface area contributed by atoms with Crippen LogP contribution in [0.15, 0.2) is 12.1 Å². The molecule has 0 aliphatic carbocycles. The van der Waals surface area contributed by atoms with Gasteiger partial charge in [-0.05, 0) is 18.6 Å². The number of hydrogen-bond acceptors (Lipinski definition) is 3. The second-order valence-corrected chi connectivity index (χ2v) is 2.45.